The van der Waals surface area contributed by atoms with Crippen molar-refractivity contribution in [3.8, 4) is 0 Å². The first kappa shape index (κ1) is 18.5. The van der Waals surface area contributed by atoms with Gasteiger partial charge in [-0.25, -0.2) is 4.39 Å². The maximum atomic E-state index is 13.9. The number of fused-ring (bicyclic) bond motifs is 1. The Labute approximate surface area is 157 Å². The Morgan fingerprint density at radius 2 is 1.77 bits per heavy atom. The first-order valence-corrected chi connectivity index (χ1v) is 9.84. The van der Waals surface area contributed by atoms with Crippen LogP contribution in [0.1, 0.15) is 19.4 Å². The van der Waals surface area contributed by atoms with Crippen molar-refractivity contribution in [1.29, 1.82) is 0 Å². The van der Waals surface area contributed by atoms with Crippen molar-refractivity contribution in [2.45, 2.75) is 31.0 Å². The molecule has 0 unspecified atom stereocenters. The summed E-state index contributed by atoms with van der Waals surface area (Å²) in [6.45, 7) is 5.73. The summed E-state index contributed by atoms with van der Waals surface area (Å²) in [6.07, 6.45) is 2.01. The van der Waals surface area contributed by atoms with Crippen LogP contribution in [0.2, 0.25) is 0 Å². The van der Waals surface area contributed by atoms with Gasteiger partial charge in [0.05, 0.1) is 0 Å². The minimum absolute atomic E-state index is 0.112. The van der Waals surface area contributed by atoms with Gasteiger partial charge in [-0.05, 0) is 31.5 Å². The lowest BCUT2D eigenvalue weighted by molar-refractivity contribution is -0.131. The third kappa shape index (κ3) is 3.93. The first-order valence-electron chi connectivity index (χ1n) is 8.85. The molecule has 3 aromatic rings. The average molecular weight is 370 g/mol. The zero-order chi connectivity index (χ0) is 18.5. The summed E-state index contributed by atoms with van der Waals surface area (Å²) in [6, 6.07) is 14.9. The Bertz CT molecular complexity index is 902. The molecule has 1 amide bonds. The average Bonchev–Trinajstić information content (AvgIpc) is 3.00. The molecule has 0 fully saturated rings. The third-order valence-electron chi connectivity index (χ3n) is 4.51. The molecule has 0 saturated carbocycles. The number of aromatic nitrogens is 1. The standard InChI is InChI=1S/C21H23FN2OS/c1-3-23(4-2)21(25)14-24-13-20(17-10-6-8-12-19(17)24)26-15-16-9-5-7-11-18(16)22/h5-13H,3-4,14-15H2,1-2H3. The van der Waals surface area contributed by atoms with Crippen LogP contribution < -0.4 is 0 Å². The number of nitrogens with zero attached hydrogens (tertiary/aromatic N) is 2. The van der Waals surface area contributed by atoms with Crippen molar-refractivity contribution in [2.24, 2.45) is 0 Å². The highest BCUT2D eigenvalue weighted by molar-refractivity contribution is 7.98. The number of hydrogen-bond donors (Lipinski definition) is 0. The van der Waals surface area contributed by atoms with Crippen molar-refractivity contribution in [3.05, 3.63) is 66.1 Å². The van der Waals surface area contributed by atoms with Crippen LogP contribution in [0.3, 0.4) is 0 Å². The summed E-state index contributed by atoms with van der Waals surface area (Å²) in [4.78, 5) is 15.4. The minimum Gasteiger partial charge on any atom is -0.342 e. The minimum atomic E-state index is -0.180. The number of likely N-dealkylation sites (N-methyl/N-ethyl adjacent to an activating group) is 1. The summed E-state index contributed by atoms with van der Waals surface area (Å²) in [5, 5.41) is 1.10. The lowest BCUT2D eigenvalue weighted by atomic mass is 10.2. The van der Waals surface area contributed by atoms with Gasteiger partial charge in [0.1, 0.15) is 12.4 Å². The number of thioether (sulfide) groups is 1. The monoisotopic (exact) mass is 370 g/mol. The van der Waals surface area contributed by atoms with E-state index in [4.69, 9.17) is 0 Å². The highest BCUT2D eigenvalue weighted by Crippen LogP contribution is 2.32. The van der Waals surface area contributed by atoms with E-state index in [2.05, 4.69) is 6.07 Å². The van der Waals surface area contributed by atoms with E-state index < -0.39 is 0 Å². The van der Waals surface area contributed by atoms with Crippen LogP contribution in [-0.2, 0) is 17.1 Å². The lowest BCUT2D eigenvalue weighted by Gasteiger charge is -2.19. The first-order chi connectivity index (χ1) is 12.6. The molecule has 0 saturated heterocycles. The molecule has 3 nitrogen and oxygen atoms in total. The number of halogens is 1. The molecule has 0 atom stereocenters. The number of carbonyl (C=O) groups is 1. The second kappa shape index (κ2) is 8.41. The number of benzene rings is 2. The summed E-state index contributed by atoms with van der Waals surface area (Å²) in [5.41, 5.74) is 1.72. The van der Waals surface area contributed by atoms with Crippen LogP contribution in [0.25, 0.3) is 10.9 Å². The van der Waals surface area contributed by atoms with Crippen LogP contribution in [-0.4, -0.2) is 28.5 Å². The number of amides is 1. The molecule has 0 radical (unpaired) electrons. The predicted molar refractivity (Wildman–Crippen MR) is 106 cm³/mol. The van der Waals surface area contributed by atoms with Gasteiger partial charge in [-0.2, -0.15) is 0 Å². The Hall–Kier alpha value is -2.27. The molecular weight excluding hydrogens is 347 g/mol. The molecular formula is C21H23FN2OS. The largest absolute Gasteiger partial charge is 0.342 e. The molecule has 0 spiro atoms. The summed E-state index contributed by atoms with van der Waals surface area (Å²) in [7, 11) is 0. The quantitative estimate of drug-likeness (QED) is 0.550. The molecule has 2 aromatic carbocycles. The molecule has 1 aromatic heterocycles. The van der Waals surface area contributed by atoms with Crippen molar-refractivity contribution in [2.75, 3.05) is 13.1 Å². The number of rotatable bonds is 7. The molecule has 0 N–H and O–H groups in total. The zero-order valence-electron chi connectivity index (χ0n) is 15.1. The number of hydrogen-bond acceptors (Lipinski definition) is 2. The SMILES string of the molecule is CCN(CC)C(=O)Cn1cc(SCc2ccccc2F)c2ccccc21. The van der Waals surface area contributed by atoms with Crippen LogP contribution in [0.5, 0.6) is 0 Å². The Morgan fingerprint density at radius 1 is 1.08 bits per heavy atom. The molecule has 0 aliphatic carbocycles. The van der Waals surface area contributed by atoms with Crippen LogP contribution in [0.4, 0.5) is 4.39 Å². The number of carbonyl (C=O) groups excluding carboxylic acids is 1. The fourth-order valence-electron chi connectivity index (χ4n) is 3.05. The number of para-hydroxylation sites is 1. The van der Waals surface area contributed by atoms with Gasteiger partial charge in [0, 0.05) is 40.8 Å². The summed E-state index contributed by atoms with van der Waals surface area (Å²) >= 11 is 1.60. The van der Waals surface area contributed by atoms with Gasteiger partial charge in [0.2, 0.25) is 5.91 Å². The second-order valence-corrected chi connectivity index (χ2v) is 7.10. The fourth-order valence-corrected chi connectivity index (χ4v) is 4.13. The van der Waals surface area contributed by atoms with Crippen LogP contribution in [0.15, 0.2) is 59.6 Å². The van der Waals surface area contributed by atoms with Crippen LogP contribution >= 0.6 is 11.8 Å². The van der Waals surface area contributed by atoms with Gasteiger partial charge < -0.3 is 9.47 Å². The molecule has 0 aliphatic heterocycles. The van der Waals surface area contributed by atoms with Gasteiger partial charge in [0.25, 0.3) is 0 Å². The van der Waals surface area contributed by atoms with Gasteiger partial charge in [-0.3, -0.25) is 4.79 Å². The maximum absolute atomic E-state index is 13.9. The zero-order valence-corrected chi connectivity index (χ0v) is 15.9. The van der Waals surface area contributed by atoms with Crippen LogP contribution in [0, 0.1) is 5.82 Å². The molecule has 0 bridgehead atoms. The van der Waals surface area contributed by atoms with E-state index in [-0.39, 0.29) is 11.7 Å². The van der Waals surface area contributed by atoms with Crippen molar-refractivity contribution in [1.82, 2.24) is 9.47 Å². The molecule has 3 rings (SSSR count). The van der Waals surface area contributed by atoms with E-state index in [9.17, 15) is 9.18 Å². The normalized spacial score (nSPS) is 11.0. The smallest absolute Gasteiger partial charge is 0.242 e. The second-order valence-electron chi connectivity index (χ2n) is 6.08. The van der Waals surface area contributed by atoms with Gasteiger partial charge >= 0.3 is 0 Å². The maximum Gasteiger partial charge on any atom is 0.242 e. The molecule has 136 valence electrons. The van der Waals surface area contributed by atoms with E-state index in [0.717, 1.165) is 15.8 Å². The lowest BCUT2D eigenvalue weighted by Crippen LogP contribution is -2.33. The Kier molecular flexibility index (Phi) is 5.99. The molecule has 26 heavy (non-hydrogen) atoms. The summed E-state index contributed by atoms with van der Waals surface area (Å²) in [5.74, 6) is 0.492. The van der Waals surface area contributed by atoms with Crippen molar-refractivity contribution in [3.63, 3.8) is 0 Å². The van der Waals surface area contributed by atoms with E-state index in [1.165, 1.54) is 6.07 Å². The van der Waals surface area contributed by atoms with Crippen molar-refractivity contribution >= 4 is 28.6 Å². The van der Waals surface area contributed by atoms with Gasteiger partial charge in [0.15, 0.2) is 0 Å². The Morgan fingerprint density at radius 3 is 2.50 bits per heavy atom. The predicted octanol–water partition coefficient (Wildman–Crippen LogP) is 4.94. The highest BCUT2D eigenvalue weighted by atomic mass is 32.2. The highest BCUT2D eigenvalue weighted by Gasteiger charge is 2.15. The van der Waals surface area contributed by atoms with Gasteiger partial charge in [-0.1, -0.05) is 36.4 Å². The van der Waals surface area contributed by atoms with Gasteiger partial charge in [-0.15, -0.1) is 11.8 Å². The molecule has 0 aliphatic rings. The van der Waals surface area contributed by atoms with E-state index in [0.29, 0.717) is 31.0 Å². The molecule has 1 heterocycles. The van der Waals surface area contributed by atoms with E-state index >= 15 is 0 Å². The third-order valence-corrected chi connectivity index (χ3v) is 5.61. The van der Waals surface area contributed by atoms with E-state index in [1.807, 2.05) is 59.8 Å². The Balaban J connectivity index is 1.85. The van der Waals surface area contributed by atoms with E-state index in [1.54, 1.807) is 17.8 Å². The fraction of sp³-hybridized carbons (Fsp3) is 0.286. The topological polar surface area (TPSA) is 25.2 Å². The summed E-state index contributed by atoms with van der Waals surface area (Å²) < 4.78 is 15.9. The van der Waals surface area contributed by atoms with Crippen molar-refractivity contribution < 1.29 is 9.18 Å². The molecule has 5 heteroatoms.